The standard InChI is InChI=1S/C18H18FNO2/c1-22-17-8-4-13(5-9-17)15-10-11-20(12-15)18(21)14-2-6-16(19)7-3-14/h2-9,15H,10-12H2,1H3. The first kappa shape index (κ1) is 14.6. The molecule has 0 N–H and O–H groups in total. The van der Waals surface area contributed by atoms with Crippen LogP contribution in [0, 0.1) is 5.82 Å². The second-order valence-electron chi connectivity index (χ2n) is 5.52. The van der Waals surface area contributed by atoms with E-state index >= 15 is 0 Å². The Labute approximate surface area is 129 Å². The van der Waals surface area contributed by atoms with Gasteiger partial charge in [-0.15, -0.1) is 0 Å². The predicted molar refractivity (Wildman–Crippen MR) is 82.7 cm³/mol. The highest BCUT2D eigenvalue weighted by molar-refractivity contribution is 5.94. The van der Waals surface area contributed by atoms with Crippen molar-refractivity contribution in [2.24, 2.45) is 0 Å². The zero-order valence-corrected chi connectivity index (χ0v) is 12.5. The van der Waals surface area contributed by atoms with Crippen molar-refractivity contribution in [1.29, 1.82) is 0 Å². The van der Waals surface area contributed by atoms with Crippen molar-refractivity contribution < 1.29 is 13.9 Å². The van der Waals surface area contributed by atoms with Crippen LogP contribution in [-0.2, 0) is 0 Å². The van der Waals surface area contributed by atoms with Gasteiger partial charge in [0, 0.05) is 24.6 Å². The molecule has 0 aromatic heterocycles. The third kappa shape index (κ3) is 2.96. The third-order valence-corrected chi connectivity index (χ3v) is 4.15. The molecule has 1 atom stereocenters. The molecule has 2 aromatic rings. The van der Waals surface area contributed by atoms with Crippen LogP contribution in [0.3, 0.4) is 0 Å². The number of carbonyl (C=O) groups excluding carboxylic acids is 1. The van der Waals surface area contributed by atoms with Gasteiger partial charge in [-0.2, -0.15) is 0 Å². The number of halogens is 1. The van der Waals surface area contributed by atoms with E-state index in [1.807, 2.05) is 17.0 Å². The summed E-state index contributed by atoms with van der Waals surface area (Å²) in [7, 11) is 1.65. The molecule has 1 aliphatic heterocycles. The van der Waals surface area contributed by atoms with Crippen molar-refractivity contribution in [3.05, 3.63) is 65.5 Å². The first-order valence-corrected chi connectivity index (χ1v) is 7.36. The molecule has 1 heterocycles. The minimum Gasteiger partial charge on any atom is -0.497 e. The lowest BCUT2D eigenvalue weighted by Gasteiger charge is -2.17. The summed E-state index contributed by atoms with van der Waals surface area (Å²) in [4.78, 5) is 14.3. The number of methoxy groups -OCH3 is 1. The summed E-state index contributed by atoms with van der Waals surface area (Å²) in [6.07, 6.45) is 0.944. The normalized spacial score (nSPS) is 17.5. The summed E-state index contributed by atoms with van der Waals surface area (Å²) in [5, 5.41) is 0. The molecule has 0 spiro atoms. The van der Waals surface area contributed by atoms with Crippen LogP contribution in [0.1, 0.15) is 28.3 Å². The van der Waals surface area contributed by atoms with Crippen LogP contribution in [-0.4, -0.2) is 31.0 Å². The molecular formula is C18H18FNO2. The van der Waals surface area contributed by atoms with Gasteiger partial charge < -0.3 is 9.64 Å². The fraction of sp³-hybridized carbons (Fsp3) is 0.278. The predicted octanol–water partition coefficient (Wildman–Crippen LogP) is 3.46. The summed E-state index contributed by atoms with van der Waals surface area (Å²) in [6.45, 7) is 1.43. The van der Waals surface area contributed by atoms with Gasteiger partial charge in [-0.05, 0) is 48.4 Å². The number of nitrogens with zero attached hydrogens (tertiary/aromatic N) is 1. The Hall–Kier alpha value is -2.36. The highest BCUT2D eigenvalue weighted by atomic mass is 19.1. The van der Waals surface area contributed by atoms with E-state index in [0.29, 0.717) is 18.0 Å². The number of likely N-dealkylation sites (tertiary alicyclic amines) is 1. The molecule has 3 nitrogen and oxygen atoms in total. The van der Waals surface area contributed by atoms with Crippen molar-refractivity contribution in [2.75, 3.05) is 20.2 Å². The van der Waals surface area contributed by atoms with E-state index in [1.165, 1.54) is 17.7 Å². The van der Waals surface area contributed by atoms with Gasteiger partial charge in [0.15, 0.2) is 0 Å². The van der Waals surface area contributed by atoms with Gasteiger partial charge in [0.25, 0.3) is 5.91 Å². The molecule has 22 heavy (non-hydrogen) atoms. The molecule has 3 rings (SSSR count). The summed E-state index contributed by atoms with van der Waals surface area (Å²) < 4.78 is 18.1. The van der Waals surface area contributed by atoms with E-state index in [0.717, 1.165) is 18.7 Å². The lowest BCUT2D eigenvalue weighted by atomic mass is 9.98. The van der Waals surface area contributed by atoms with Crippen LogP contribution in [0.4, 0.5) is 4.39 Å². The van der Waals surface area contributed by atoms with E-state index in [1.54, 1.807) is 19.2 Å². The van der Waals surface area contributed by atoms with Crippen molar-refractivity contribution in [2.45, 2.75) is 12.3 Å². The first-order valence-electron chi connectivity index (χ1n) is 7.36. The summed E-state index contributed by atoms with van der Waals surface area (Å²) in [5.41, 5.74) is 1.76. The Morgan fingerprint density at radius 2 is 1.82 bits per heavy atom. The molecule has 2 aromatic carbocycles. The topological polar surface area (TPSA) is 29.5 Å². The van der Waals surface area contributed by atoms with Gasteiger partial charge in [0.2, 0.25) is 0 Å². The first-order chi connectivity index (χ1) is 10.7. The van der Waals surface area contributed by atoms with Gasteiger partial charge in [0.1, 0.15) is 11.6 Å². The Balaban J connectivity index is 1.68. The van der Waals surface area contributed by atoms with Gasteiger partial charge in [-0.3, -0.25) is 4.79 Å². The second-order valence-corrected chi connectivity index (χ2v) is 5.52. The van der Waals surface area contributed by atoms with Gasteiger partial charge in [0.05, 0.1) is 7.11 Å². The summed E-state index contributed by atoms with van der Waals surface area (Å²) in [6, 6.07) is 13.7. The number of ether oxygens (including phenoxy) is 1. The maximum absolute atomic E-state index is 12.9. The van der Waals surface area contributed by atoms with E-state index in [4.69, 9.17) is 4.74 Å². The third-order valence-electron chi connectivity index (χ3n) is 4.15. The highest BCUT2D eigenvalue weighted by Crippen LogP contribution is 2.29. The molecular weight excluding hydrogens is 281 g/mol. The molecule has 114 valence electrons. The average Bonchev–Trinajstić information content (AvgIpc) is 3.05. The lowest BCUT2D eigenvalue weighted by Crippen LogP contribution is -2.28. The highest BCUT2D eigenvalue weighted by Gasteiger charge is 2.27. The molecule has 1 aliphatic rings. The summed E-state index contributed by atoms with van der Waals surface area (Å²) >= 11 is 0. The van der Waals surface area contributed by atoms with E-state index in [9.17, 15) is 9.18 Å². The Morgan fingerprint density at radius 3 is 2.45 bits per heavy atom. The molecule has 1 unspecified atom stereocenters. The number of rotatable bonds is 3. The van der Waals surface area contributed by atoms with E-state index in [-0.39, 0.29) is 11.7 Å². The zero-order chi connectivity index (χ0) is 15.5. The molecule has 1 amide bonds. The minimum atomic E-state index is -0.325. The zero-order valence-electron chi connectivity index (χ0n) is 12.5. The molecule has 0 aliphatic carbocycles. The Bertz CT molecular complexity index is 652. The number of hydrogen-bond donors (Lipinski definition) is 0. The smallest absolute Gasteiger partial charge is 0.253 e. The fourth-order valence-electron chi connectivity index (χ4n) is 2.87. The van der Waals surface area contributed by atoms with Crippen LogP contribution >= 0.6 is 0 Å². The molecule has 1 fully saturated rings. The maximum Gasteiger partial charge on any atom is 0.253 e. The molecule has 0 bridgehead atoms. The quantitative estimate of drug-likeness (QED) is 0.868. The van der Waals surface area contributed by atoms with Crippen molar-refractivity contribution in [1.82, 2.24) is 4.90 Å². The number of amides is 1. The molecule has 0 radical (unpaired) electrons. The lowest BCUT2D eigenvalue weighted by molar-refractivity contribution is 0.0790. The SMILES string of the molecule is COc1ccc(C2CCN(C(=O)c3ccc(F)cc3)C2)cc1. The Morgan fingerprint density at radius 1 is 1.14 bits per heavy atom. The second kappa shape index (κ2) is 6.18. The maximum atomic E-state index is 12.9. The van der Waals surface area contributed by atoms with E-state index in [2.05, 4.69) is 12.1 Å². The largest absolute Gasteiger partial charge is 0.497 e. The van der Waals surface area contributed by atoms with Crippen molar-refractivity contribution in [3.63, 3.8) is 0 Å². The minimum absolute atomic E-state index is 0.0315. The monoisotopic (exact) mass is 299 g/mol. The molecule has 0 saturated carbocycles. The fourth-order valence-corrected chi connectivity index (χ4v) is 2.87. The number of carbonyl (C=O) groups is 1. The van der Waals surface area contributed by atoms with Crippen molar-refractivity contribution in [3.8, 4) is 5.75 Å². The Kier molecular flexibility index (Phi) is 4.09. The van der Waals surface area contributed by atoms with Crippen LogP contribution in [0.25, 0.3) is 0 Å². The van der Waals surface area contributed by atoms with Crippen LogP contribution in [0.15, 0.2) is 48.5 Å². The number of hydrogen-bond acceptors (Lipinski definition) is 2. The van der Waals surface area contributed by atoms with Crippen LogP contribution < -0.4 is 4.74 Å². The average molecular weight is 299 g/mol. The summed E-state index contributed by atoms with van der Waals surface area (Å²) in [5.74, 6) is 0.821. The van der Waals surface area contributed by atoms with Crippen molar-refractivity contribution >= 4 is 5.91 Å². The van der Waals surface area contributed by atoms with Gasteiger partial charge >= 0.3 is 0 Å². The number of benzene rings is 2. The van der Waals surface area contributed by atoms with Crippen LogP contribution in [0.2, 0.25) is 0 Å². The molecule has 4 heteroatoms. The van der Waals surface area contributed by atoms with Gasteiger partial charge in [-0.1, -0.05) is 12.1 Å². The van der Waals surface area contributed by atoms with E-state index < -0.39 is 0 Å². The van der Waals surface area contributed by atoms with Crippen LogP contribution in [0.5, 0.6) is 5.75 Å². The van der Waals surface area contributed by atoms with Gasteiger partial charge in [-0.25, -0.2) is 4.39 Å². The molecule has 1 saturated heterocycles.